The second-order valence-electron chi connectivity index (χ2n) is 4.69. The molecule has 4 N–H and O–H groups in total. The highest BCUT2D eigenvalue weighted by Gasteiger charge is 2.16. The van der Waals surface area contributed by atoms with Gasteiger partial charge in [0.2, 0.25) is 15.9 Å². The lowest BCUT2D eigenvalue weighted by atomic mass is 10.2. The number of hydrogen-bond donors (Lipinski definition) is 2. The maximum absolute atomic E-state index is 12.0. The molecule has 0 saturated heterocycles. The molecule has 0 aliphatic heterocycles. The van der Waals surface area contributed by atoms with Crippen molar-refractivity contribution in [2.75, 3.05) is 37.3 Å². The smallest absolute Gasteiger partial charge is 0.242 e. The van der Waals surface area contributed by atoms with Crippen molar-refractivity contribution >= 4 is 27.3 Å². The number of carbonyl (C=O) groups excluding carboxylic acids is 1. The lowest BCUT2D eigenvalue weighted by molar-refractivity contribution is -0.129. The van der Waals surface area contributed by atoms with Crippen molar-refractivity contribution in [2.45, 2.75) is 18.7 Å². The fourth-order valence-electron chi connectivity index (χ4n) is 2.00. The van der Waals surface area contributed by atoms with E-state index < -0.39 is 10.0 Å². The average Bonchev–Trinajstić information content (AvgIpc) is 2.38. The summed E-state index contributed by atoms with van der Waals surface area (Å²) >= 11 is 0. The SMILES string of the molecule is CCN(CC)C(=O)CN(C)c1ccc(S(N)(=O)=O)c(N)c1. The van der Waals surface area contributed by atoms with Crippen LogP contribution in [-0.2, 0) is 14.8 Å². The summed E-state index contributed by atoms with van der Waals surface area (Å²) in [5.41, 5.74) is 6.43. The lowest BCUT2D eigenvalue weighted by Gasteiger charge is -2.24. The van der Waals surface area contributed by atoms with Crippen molar-refractivity contribution in [3.8, 4) is 0 Å². The van der Waals surface area contributed by atoms with Crippen LogP contribution in [0, 0.1) is 0 Å². The fraction of sp³-hybridized carbons (Fsp3) is 0.462. The minimum atomic E-state index is -3.84. The second-order valence-corrected chi connectivity index (χ2v) is 6.22. The molecule has 1 amide bonds. The molecule has 0 atom stereocenters. The molecule has 21 heavy (non-hydrogen) atoms. The first-order chi connectivity index (χ1) is 9.70. The Hall–Kier alpha value is -1.80. The molecule has 0 aliphatic rings. The van der Waals surface area contributed by atoms with Gasteiger partial charge in [0.15, 0.2) is 0 Å². The Morgan fingerprint density at radius 1 is 1.24 bits per heavy atom. The molecular formula is C13H22N4O3S. The van der Waals surface area contributed by atoms with Gasteiger partial charge in [-0.25, -0.2) is 13.6 Å². The van der Waals surface area contributed by atoms with Crippen LogP contribution in [0.4, 0.5) is 11.4 Å². The molecule has 0 bridgehead atoms. The summed E-state index contributed by atoms with van der Waals surface area (Å²) in [6.45, 7) is 5.32. The number of likely N-dealkylation sites (N-methyl/N-ethyl adjacent to an activating group) is 2. The van der Waals surface area contributed by atoms with Crippen molar-refractivity contribution in [1.29, 1.82) is 0 Å². The van der Waals surface area contributed by atoms with Crippen LogP contribution < -0.4 is 15.8 Å². The quantitative estimate of drug-likeness (QED) is 0.730. The molecule has 8 heteroatoms. The Bertz CT molecular complexity index is 612. The van der Waals surface area contributed by atoms with Crippen molar-refractivity contribution in [2.24, 2.45) is 5.14 Å². The molecule has 0 heterocycles. The van der Waals surface area contributed by atoms with E-state index in [0.29, 0.717) is 18.8 Å². The molecule has 0 aliphatic carbocycles. The van der Waals surface area contributed by atoms with Crippen LogP contribution >= 0.6 is 0 Å². The number of anilines is 2. The Morgan fingerprint density at radius 3 is 2.24 bits per heavy atom. The van der Waals surface area contributed by atoms with Gasteiger partial charge in [-0.3, -0.25) is 4.79 Å². The van der Waals surface area contributed by atoms with Gasteiger partial charge in [-0.15, -0.1) is 0 Å². The van der Waals surface area contributed by atoms with Gasteiger partial charge in [-0.1, -0.05) is 0 Å². The summed E-state index contributed by atoms with van der Waals surface area (Å²) in [5.74, 6) is -0.00315. The van der Waals surface area contributed by atoms with Gasteiger partial charge in [0, 0.05) is 25.8 Å². The van der Waals surface area contributed by atoms with Crippen molar-refractivity contribution in [3.05, 3.63) is 18.2 Å². The Labute approximate surface area is 125 Å². The molecule has 118 valence electrons. The van der Waals surface area contributed by atoms with Gasteiger partial charge in [0.1, 0.15) is 4.90 Å². The summed E-state index contributed by atoms with van der Waals surface area (Å²) in [6, 6.07) is 4.42. The van der Waals surface area contributed by atoms with Gasteiger partial charge in [-0.05, 0) is 32.0 Å². The predicted octanol–water partition coefficient (Wildman–Crippen LogP) is 0.221. The van der Waals surface area contributed by atoms with Crippen LogP contribution in [0.15, 0.2) is 23.1 Å². The van der Waals surface area contributed by atoms with Gasteiger partial charge < -0.3 is 15.5 Å². The number of carbonyl (C=O) groups is 1. The Kier molecular flexibility index (Phi) is 5.56. The Balaban J connectivity index is 2.92. The summed E-state index contributed by atoms with van der Waals surface area (Å²) in [7, 11) is -2.10. The van der Waals surface area contributed by atoms with Crippen LogP contribution in [-0.4, -0.2) is 45.9 Å². The molecule has 1 rings (SSSR count). The number of nitrogens with two attached hydrogens (primary N) is 2. The van der Waals surface area contributed by atoms with E-state index in [9.17, 15) is 13.2 Å². The number of rotatable bonds is 6. The van der Waals surface area contributed by atoms with E-state index in [4.69, 9.17) is 10.9 Å². The van der Waals surface area contributed by atoms with E-state index in [1.165, 1.54) is 12.1 Å². The highest BCUT2D eigenvalue weighted by molar-refractivity contribution is 7.89. The van der Waals surface area contributed by atoms with E-state index in [1.54, 1.807) is 22.9 Å². The fourth-order valence-corrected chi connectivity index (χ4v) is 2.65. The van der Waals surface area contributed by atoms with Crippen LogP contribution in [0.1, 0.15) is 13.8 Å². The molecular weight excluding hydrogens is 292 g/mol. The first-order valence-corrected chi connectivity index (χ1v) is 8.16. The number of nitrogens with zero attached hydrogens (tertiary/aromatic N) is 2. The molecule has 0 unspecified atom stereocenters. The van der Waals surface area contributed by atoms with Gasteiger partial charge in [-0.2, -0.15) is 0 Å². The van der Waals surface area contributed by atoms with E-state index >= 15 is 0 Å². The molecule has 0 aromatic heterocycles. The summed E-state index contributed by atoms with van der Waals surface area (Å²) in [4.78, 5) is 15.4. The van der Waals surface area contributed by atoms with Crippen LogP contribution in [0.2, 0.25) is 0 Å². The third-order valence-corrected chi connectivity index (χ3v) is 4.21. The largest absolute Gasteiger partial charge is 0.398 e. The zero-order valence-corrected chi connectivity index (χ0v) is 13.4. The third kappa shape index (κ3) is 4.33. The summed E-state index contributed by atoms with van der Waals surface area (Å²) in [6.07, 6.45) is 0. The first kappa shape index (κ1) is 17.3. The maximum Gasteiger partial charge on any atom is 0.242 e. The zero-order chi connectivity index (χ0) is 16.2. The first-order valence-electron chi connectivity index (χ1n) is 6.61. The molecule has 7 nitrogen and oxygen atoms in total. The highest BCUT2D eigenvalue weighted by atomic mass is 32.2. The molecule has 1 aromatic rings. The summed E-state index contributed by atoms with van der Waals surface area (Å²) < 4.78 is 22.6. The minimum absolute atomic E-state index is 0.00315. The number of amides is 1. The lowest BCUT2D eigenvalue weighted by Crippen LogP contribution is -2.38. The van der Waals surface area contributed by atoms with Crippen molar-refractivity contribution in [3.63, 3.8) is 0 Å². The average molecular weight is 314 g/mol. The maximum atomic E-state index is 12.0. The van der Waals surface area contributed by atoms with Gasteiger partial charge >= 0.3 is 0 Å². The number of primary sulfonamides is 1. The van der Waals surface area contributed by atoms with Crippen LogP contribution in [0.25, 0.3) is 0 Å². The molecule has 0 fully saturated rings. The van der Waals surface area contributed by atoms with Crippen molar-refractivity contribution in [1.82, 2.24) is 4.90 Å². The number of benzene rings is 1. The van der Waals surface area contributed by atoms with Crippen molar-refractivity contribution < 1.29 is 13.2 Å². The molecule has 0 saturated carbocycles. The zero-order valence-electron chi connectivity index (χ0n) is 12.5. The summed E-state index contributed by atoms with van der Waals surface area (Å²) in [5, 5.41) is 5.06. The highest BCUT2D eigenvalue weighted by Crippen LogP contribution is 2.23. The van der Waals surface area contributed by atoms with E-state index in [1.807, 2.05) is 13.8 Å². The predicted molar refractivity (Wildman–Crippen MR) is 83.4 cm³/mol. The van der Waals surface area contributed by atoms with Gasteiger partial charge in [0.05, 0.1) is 12.2 Å². The molecule has 1 aromatic carbocycles. The topological polar surface area (TPSA) is 110 Å². The van der Waals surface area contributed by atoms with E-state index in [-0.39, 0.29) is 23.0 Å². The second kappa shape index (κ2) is 6.77. The molecule has 0 radical (unpaired) electrons. The number of nitrogen functional groups attached to an aromatic ring is 1. The normalized spacial score (nSPS) is 11.2. The Morgan fingerprint density at radius 2 is 1.81 bits per heavy atom. The number of sulfonamides is 1. The third-order valence-electron chi connectivity index (χ3n) is 3.23. The minimum Gasteiger partial charge on any atom is -0.398 e. The van der Waals surface area contributed by atoms with Crippen LogP contribution in [0.5, 0.6) is 0 Å². The standard InChI is InChI=1S/C13H22N4O3S/c1-4-17(5-2)13(18)9-16(3)10-6-7-12(11(14)8-10)21(15,19)20/h6-8H,4-5,9,14H2,1-3H3,(H2,15,19,20). The monoisotopic (exact) mass is 314 g/mol. The van der Waals surface area contributed by atoms with Gasteiger partial charge in [0.25, 0.3) is 0 Å². The van der Waals surface area contributed by atoms with E-state index in [2.05, 4.69) is 0 Å². The van der Waals surface area contributed by atoms with E-state index in [0.717, 1.165) is 0 Å². The van der Waals surface area contributed by atoms with Crippen LogP contribution in [0.3, 0.4) is 0 Å². The molecule has 0 spiro atoms. The number of hydrogen-bond acceptors (Lipinski definition) is 5.